The molecule has 1 aromatic heterocycles. The van der Waals surface area contributed by atoms with Crippen LogP contribution in [0.2, 0.25) is 0 Å². The third-order valence-electron chi connectivity index (χ3n) is 2.99. The number of ether oxygens (including phenoxy) is 1. The van der Waals surface area contributed by atoms with E-state index in [2.05, 4.69) is 4.98 Å². The number of nitrogens with zero attached hydrogens (tertiary/aromatic N) is 2. The smallest absolute Gasteiger partial charge is 0.273 e. The first kappa shape index (κ1) is 14.4. The highest BCUT2D eigenvalue weighted by Crippen LogP contribution is 2.22. The largest absolute Gasteiger partial charge is 0.369 e. The van der Waals surface area contributed by atoms with Gasteiger partial charge in [0, 0.05) is 24.9 Å². The van der Waals surface area contributed by atoms with Gasteiger partial charge in [0.1, 0.15) is 5.69 Å². The van der Waals surface area contributed by atoms with Crippen molar-refractivity contribution in [1.29, 1.82) is 0 Å². The Kier molecular flexibility index (Phi) is 4.23. The summed E-state index contributed by atoms with van der Waals surface area (Å²) < 4.78 is 5.81. The van der Waals surface area contributed by atoms with E-state index >= 15 is 0 Å². The number of hydrogen-bond donors (Lipinski definition) is 1. The molecule has 1 saturated heterocycles. The van der Waals surface area contributed by atoms with Gasteiger partial charge in [-0.15, -0.1) is 11.3 Å². The van der Waals surface area contributed by atoms with Gasteiger partial charge in [0.05, 0.1) is 16.7 Å². The van der Waals surface area contributed by atoms with Crippen LogP contribution in [0.4, 0.5) is 0 Å². The van der Waals surface area contributed by atoms with Gasteiger partial charge in [-0.25, -0.2) is 4.98 Å². The molecule has 1 aliphatic rings. The van der Waals surface area contributed by atoms with Gasteiger partial charge in [0.2, 0.25) is 0 Å². The maximum Gasteiger partial charge on any atom is 0.273 e. The molecule has 106 valence electrons. The monoisotopic (exact) mass is 283 g/mol. The lowest BCUT2D eigenvalue weighted by Crippen LogP contribution is -2.53. The highest BCUT2D eigenvalue weighted by molar-refractivity contribution is 7.09. The Bertz CT molecular complexity index is 458. The van der Waals surface area contributed by atoms with Crippen LogP contribution in [0.15, 0.2) is 5.38 Å². The lowest BCUT2D eigenvalue weighted by atomic mass is 10.1. The first-order valence-electron chi connectivity index (χ1n) is 6.53. The van der Waals surface area contributed by atoms with Gasteiger partial charge in [-0.1, -0.05) is 0 Å². The average molecular weight is 283 g/mol. The molecule has 0 unspecified atom stereocenters. The van der Waals surface area contributed by atoms with Crippen LogP contribution in [-0.4, -0.2) is 47.1 Å². The van der Waals surface area contributed by atoms with Crippen molar-refractivity contribution < 1.29 is 9.53 Å². The number of rotatable bonds is 3. The highest BCUT2D eigenvalue weighted by atomic mass is 32.1. The number of thiazole rings is 1. The molecule has 2 N–H and O–H groups in total. The van der Waals surface area contributed by atoms with E-state index in [1.165, 1.54) is 11.3 Å². The normalized spacial score (nSPS) is 22.5. The second kappa shape index (κ2) is 5.56. The standard InChI is InChI=1S/C13H21N3O2S/c1-9-6-16(8-13(2,3)18-9)12(17)10-7-19-11(15-10)4-5-14/h7,9H,4-6,8,14H2,1-3H3/t9-/m0/s1. The molecule has 2 heterocycles. The Morgan fingerprint density at radius 3 is 3.05 bits per heavy atom. The van der Waals surface area contributed by atoms with Crippen LogP contribution in [0.25, 0.3) is 0 Å². The van der Waals surface area contributed by atoms with Gasteiger partial charge in [0.15, 0.2) is 0 Å². The van der Waals surface area contributed by atoms with E-state index in [-0.39, 0.29) is 17.6 Å². The zero-order chi connectivity index (χ0) is 14.0. The molecule has 1 amide bonds. The van der Waals surface area contributed by atoms with Gasteiger partial charge < -0.3 is 15.4 Å². The van der Waals surface area contributed by atoms with E-state index in [9.17, 15) is 4.79 Å². The zero-order valence-electron chi connectivity index (χ0n) is 11.7. The molecule has 0 aliphatic carbocycles. The predicted molar refractivity (Wildman–Crippen MR) is 75.4 cm³/mol. The number of carbonyl (C=O) groups is 1. The molecule has 6 heteroatoms. The minimum Gasteiger partial charge on any atom is -0.369 e. The molecule has 1 aliphatic heterocycles. The van der Waals surface area contributed by atoms with Gasteiger partial charge in [-0.3, -0.25) is 4.79 Å². The average Bonchev–Trinajstić information content (AvgIpc) is 2.74. The van der Waals surface area contributed by atoms with Crippen molar-refractivity contribution in [3.63, 3.8) is 0 Å². The fraction of sp³-hybridized carbons (Fsp3) is 0.692. The summed E-state index contributed by atoms with van der Waals surface area (Å²) >= 11 is 1.50. The van der Waals surface area contributed by atoms with E-state index in [1.807, 2.05) is 31.1 Å². The lowest BCUT2D eigenvalue weighted by Gasteiger charge is -2.41. The van der Waals surface area contributed by atoms with Crippen molar-refractivity contribution in [2.75, 3.05) is 19.6 Å². The number of carbonyl (C=O) groups excluding carboxylic acids is 1. The maximum atomic E-state index is 12.4. The Labute approximate surface area is 117 Å². The first-order chi connectivity index (χ1) is 8.91. The molecule has 1 atom stereocenters. The minimum atomic E-state index is -0.302. The highest BCUT2D eigenvalue weighted by Gasteiger charge is 2.34. The molecule has 1 aromatic rings. The van der Waals surface area contributed by atoms with E-state index in [1.54, 1.807) is 0 Å². The molecule has 0 aromatic carbocycles. The van der Waals surface area contributed by atoms with Crippen LogP contribution < -0.4 is 5.73 Å². The molecule has 0 saturated carbocycles. The van der Waals surface area contributed by atoms with Crippen molar-refractivity contribution in [1.82, 2.24) is 9.88 Å². The summed E-state index contributed by atoms with van der Waals surface area (Å²) in [6, 6.07) is 0. The zero-order valence-corrected chi connectivity index (χ0v) is 12.5. The second-order valence-electron chi connectivity index (χ2n) is 5.54. The van der Waals surface area contributed by atoms with E-state index in [0.29, 0.717) is 25.3 Å². The Morgan fingerprint density at radius 1 is 1.68 bits per heavy atom. The minimum absolute atomic E-state index is 0.0113. The van der Waals surface area contributed by atoms with Crippen LogP contribution in [-0.2, 0) is 11.2 Å². The molecular weight excluding hydrogens is 262 g/mol. The Morgan fingerprint density at radius 2 is 2.42 bits per heavy atom. The summed E-state index contributed by atoms with van der Waals surface area (Å²) in [6.45, 7) is 7.77. The summed E-state index contributed by atoms with van der Waals surface area (Å²) in [7, 11) is 0. The van der Waals surface area contributed by atoms with Crippen molar-refractivity contribution in [3.05, 3.63) is 16.1 Å². The SMILES string of the molecule is C[C@H]1CN(C(=O)c2csc(CCN)n2)CC(C)(C)O1. The summed E-state index contributed by atoms with van der Waals surface area (Å²) in [5, 5.41) is 2.74. The second-order valence-corrected chi connectivity index (χ2v) is 6.48. The topological polar surface area (TPSA) is 68.5 Å². The van der Waals surface area contributed by atoms with Gasteiger partial charge in [-0.05, 0) is 27.3 Å². The van der Waals surface area contributed by atoms with Gasteiger partial charge >= 0.3 is 0 Å². The van der Waals surface area contributed by atoms with Crippen LogP contribution in [0.1, 0.15) is 36.3 Å². The molecule has 0 spiro atoms. The molecule has 19 heavy (non-hydrogen) atoms. The van der Waals surface area contributed by atoms with Crippen molar-refractivity contribution >= 4 is 17.2 Å². The molecule has 0 bridgehead atoms. The Balaban J connectivity index is 2.09. The third kappa shape index (κ3) is 3.52. The third-order valence-corrected chi connectivity index (χ3v) is 3.89. The van der Waals surface area contributed by atoms with Gasteiger partial charge in [-0.2, -0.15) is 0 Å². The summed E-state index contributed by atoms with van der Waals surface area (Å²) in [6.07, 6.45) is 0.776. The van der Waals surface area contributed by atoms with Crippen molar-refractivity contribution in [3.8, 4) is 0 Å². The lowest BCUT2D eigenvalue weighted by molar-refractivity contribution is -0.118. The number of nitrogens with two attached hydrogens (primary N) is 1. The first-order valence-corrected chi connectivity index (χ1v) is 7.41. The molecule has 5 nitrogen and oxygen atoms in total. The number of aromatic nitrogens is 1. The van der Waals surface area contributed by atoms with E-state index < -0.39 is 0 Å². The summed E-state index contributed by atoms with van der Waals surface area (Å²) in [4.78, 5) is 18.6. The fourth-order valence-corrected chi connectivity index (χ4v) is 3.21. The summed E-state index contributed by atoms with van der Waals surface area (Å²) in [5.41, 5.74) is 5.72. The van der Waals surface area contributed by atoms with Crippen molar-refractivity contribution in [2.24, 2.45) is 5.73 Å². The molecular formula is C13H21N3O2S. The molecule has 1 fully saturated rings. The van der Waals surface area contributed by atoms with Crippen molar-refractivity contribution in [2.45, 2.75) is 38.9 Å². The van der Waals surface area contributed by atoms with Crippen LogP contribution in [0.3, 0.4) is 0 Å². The fourth-order valence-electron chi connectivity index (χ4n) is 2.42. The Hall–Kier alpha value is -0.980. The van der Waals surface area contributed by atoms with E-state index in [0.717, 1.165) is 11.4 Å². The quantitative estimate of drug-likeness (QED) is 0.907. The maximum absolute atomic E-state index is 12.4. The van der Waals surface area contributed by atoms with Crippen LogP contribution >= 0.6 is 11.3 Å². The summed E-state index contributed by atoms with van der Waals surface area (Å²) in [5.74, 6) is -0.0113. The number of hydrogen-bond acceptors (Lipinski definition) is 5. The predicted octanol–water partition coefficient (Wildman–Crippen LogP) is 1.28. The van der Waals surface area contributed by atoms with Crippen LogP contribution in [0, 0.1) is 0 Å². The van der Waals surface area contributed by atoms with Crippen LogP contribution in [0.5, 0.6) is 0 Å². The molecule has 0 radical (unpaired) electrons. The number of amides is 1. The van der Waals surface area contributed by atoms with Gasteiger partial charge in [0.25, 0.3) is 5.91 Å². The number of morpholine rings is 1. The molecule has 2 rings (SSSR count). The van der Waals surface area contributed by atoms with E-state index in [4.69, 9.17) is 10.5 Å².